The zero-order valence-electron chi connectivity index (χ0n) is 14.9. The summed E-state index contributed by atoms with van der Waals surface area (Å²) in [6.07, 6.45) is 0. The first-order chi connectivity index (χ1) is 13.6. The number of hydrogen-bond acceptors (Lipinski definition) is 4. The van der Waals surface area contributed by atoms with Gasteiger partial charge in [-0.3, -0.25) is 4.79 Å². The van der Waals surface area contributed by atoms with Gasteiger partial charge in [-0.15, -0.1) is 0 Å². The summed E-state index contributed by atoms with van der Waals surface area (Å²) in [5.41, 5.74) is 2.50. The van der Waals surface area contributed by atoms with Gasteiger partial charge in [0.15, 0.2) is 13.2 Å². The van der Waals surface area contributed by atoms with Crippen LogP contribution in [0.25, 0.3) is 11.1 Å². The highest BCUT2D eigenvalue weighted by Gasteiger charge is 2.12. The Bertz CT molecular complexity index is 960. The van der Waals surface area contributed by atoms with Crippen LogP contribution in [0.1, 0.15) is 0 Å². The molecule has 0 fully saturated rings. The Balaban J connectivity index is 1.52. The molecule has 3 aromatic rings. The average molecular weight is 396 g/mol. The predicted octanol–water partition coefficient (Wildman–Crippen LogP) is 4.57. The molecular weight excluding hydrogens is 378 g/mol. The average Bonchev–Trinajstić information content (AvgIpc) is 2.73. The summed E-state index contributed by atoms with van der Waals surface area (Å²) < 4.78 is 10.3. The molecule has 0 saturated carbocycles. The lowest BCUT2D eigenvalue weighted by Gasteiger charge is -2.12. The minimum absolute atomic E-state index is 0.336. The van der Waals surface area contributed by atoms with E-state index in [4.69, 9.17) is 21.1 Å². The molecule has 5 nitrogen and oxygen atoms in total. The minimum Gasteiger partial charge on any atom is -0.480 e. The Morgan fingerprint density at radius 3 is 2.29 bits per heavy atom. The predicted molar refractivity (Wildman–Crippen MR) is 108 cm³/mol. The van der Waals surface area contributed by atoms with Crippen molar-refractivity contribution in [1.82, 2.24) is 0 Å². The number of anilines is 1. The number of hydrogen-bond donors (Lipinski definition) is 1. The third-order valence-electron chi connectivity index (χ3n) is 3.83. The van der Waals surface area contributed by atoms with Gasteiger partial charge >= 0.3 is 5.97 Å². The van der Waals surface area contributed by atoms with E-state index in [0.717, 1.165) is 11.1 Å². The van der Waals surface area contributed by atoms with Crippen LogP contribution in [0, 0.1) is 0 Å². The van der Waals surface area contributed by atoms with Crippen molar-refractivity contribution < 1.29 is 19.1 Å². The fourth-order valence-electron chi connectivity index (χ4n) is 2.53. The van der Waals surface area contributed by atoms with Crippen LogP contribution < -0.4 is 10.1 Å². The van der Waals surface area contributed by atoms with Crippen molar-refractivity contribution in [2.75, 3.05) is 18.5 Å². The highest BCUT2D eigenvalue weighted by molar-refractivity contribution is 6.32. The van der Waals surface area contributed by atoms with E-state index in [1.807, 2.05) is 48.5 Å². The molecule has 3 rings (SSSR count). The zero-order valence-corrected chi connectivity index (χ0v) is 15.7. The van der Waals surface area contributed by atoms with Gasteiger partial charge in [0.05, 0.1) is 5.02 Å². The number of halogens is 1. The molecule has 0 unspecified atom stereocenters. The first kappa shape index (κ1) is 19.5. The molecule has 0 radical (unpaired) electrons. The van der Waals surface area contributed by atoms with Crippen LogP contribution in [0.2, 0.25) is 5.02 Å². The quantitative estimate of drug-likeness (QED) is 0.595. The second-order valence-corrected chi connectivity index (χ2v) is 6.25. The number of nitrogens with one attached hydrogen (secondary N) is 1. The van der Waals surface area contributed by atoms with Crippen LogP contribution in [-0.4, -0.2) is 25.1 Å². The maximum Gasteiger partial charge on any atom is 0.344 e. The molecule has 0 spiro atoms. The molecule has 0 aliphatic rings. The van der Waals surface area contributed by atoms with Gasteiger partial charge in [-0.05, 0) is 23.8 Å². The molecule has 1 N–H and O–H groups in total. The van der Waals surface area contributed by atoms with Gasteiger partial charge in [-0.1, -0.05) is 72.3 Å². The number of amides is 1. The topological polar surface area (TPSA) is 64.6 Å². The second kappa shape index (κ2) is 9.58. The lowest BCUT2D eigenvalue weighted by Crippen LogP contribution is -2.23. The monoisotopic (exact) mass is 395 g/mol. The molecule has 6 heteroatoms. The van der Waals surface area contributed by atoms with Gasteiger partial charge < -0.3 is 14.8 Å². The summed E-state index contributed by atoms with van der Waals surface area (Å²) in [6.45, 7) is -0.745. The summed E-state index contributed by atoms with van der Waals surface area (Å²) in [5.74, 6) is -0.719. The largest absolute Gasteiger partial charge is 0.480 e. The first-order valence-corrected chi connectivity index (χ1v) is 8.98. The van der Waals surface area contributed by atoms with Crippen molar-refractivity contribution in [3.63, 3.8) is 0 Å². The van der Waals surface area contributed by atoms with E-state index in [-0.39, 0.29) is 6.61 Å². The first-order valence-electron chi connectivity index (χ1n) is 8.61. The minimum atomic E-state index is -0.661. The fourth-order valence-corrected chi connectivity index (χ4v) is 2.72. The van der Waals surface area contributed by atoms with Crippen molar-refractivity contribution >= 4 is 29.2 Å². The maximum atomic E-state index is 12.2. The molecule has 28 heavy (non-hydrogen) atoms. The molecule has 0 aromatic heterocycles. The molecule has 0 saturated heterocycles. The highest BCUT2D eigenvalue weighted by Crippen LogP contribution is 2.27. The standard InChI is InChI=1S/C22H18ClNO4/c23-18-11-5-7-13-20(18)27-15-22(26)28-14-21(25)24-19-12-6-4-10-17(19)16-8-2-1-3-9-16/h1-13H,14-15H2,(H,24,25). The summed E-state index contributed by atoms with van der Waals surface area (Å²) in [4.78, 5) is 24.0. The van der Waals surface area contributed by atoms with Crippen molar-refractivity contribution in [3.8, 4) is 16.9 Å². The van der Waals surface area contributed by atoms with Crippen LogP contribution in [0.4, 0.5) is 5.69 Å². The molecule has 0 aliphatic heterocycles. The summed E-state index contributed by atoms with van der Waals surface area (Å²) in [5, 5.41) is 3.16. The molecule has 3 aromatic carbocycles. The Labute approximate surface area is 167 Å². The van der Waals surface area contributed by atoms with Gasteiger partial charge in [0.1, 0.15) is 5.75 Å². The van der Waals surface area contributed by atoms with E-state index in [9.17, 15) is 9.59 Å². The van der Waals surface area contributed by atoms with Crippen molar-refractivity contribution in [1.29, 1.82) is 0 Å². The van der Waals surface area contributed by atoms with E-state index in [0.29, 0.717) is 16.5 Å². The van der Waals surface area contributed by atoms with Crippen molar-refractivity contribution in [3.05, 3.63) is 83.9 Å². The Morgan fingerprint density at radius 2 is 1.50 bits per heavy atom. The van der Waals surface area contributed by atoms with E-state index < -0.39 is 18.5 Å². The van der Waals surface area contributed by atoms with E-state index in [1.165, 1.54) is 0 Å². The van der Waals surface area contributed by atoms with Gasteiger partial charge in [0.25, 0.3) is 5.91 Å². The van der Waals surface area contributed by atoms with Crippen LogP contribution in [0.3, 0.4) is 0 Å². The summed E-state index contributed by atoms with van der Waals surface area (Å²) >= 11 is 5.95. The number of carbonyl (C=O) groups excluding carboxylic acids is 2. The van der Waals surface area contributed by atoms with Gasteiger partial charge in [0, 0.05) is 11.3 Å². The van der Waals surface area contributed by atoms with Crippen LogP contribution >= 0.6 is 11.6 Å². The third-order valence-corrected chi connectivity index (χ3v) is 4.14. The number of ether oxygens (including phenoxy) is 2. The SMILES string of the molecule is O=C(COC(=O)COc1ccccc1Cl)Nc1ccccc1-c1ccccc1. The Kier molecular flexibility index (Phi) is 6.65. The van der Waals surface area contributed by atoms with Gasteiger partial charge in [0.2, 0.25) is 0 Å². The summed E-state index contributed by atoms with van der Waals surface area (Å²) in [7, 11) is 0. The Morgan fingerprint density at radius 1 is 0.821 bits per heavy atom. The van der Waals surface area contributed by atoms with Gasteiger partial charge in [-0.25, -0.2) is 4.79 Å². The highest BCUT2D eigenvalue weighted by atomic mass is 35.5. The van der Waals surface area contributed by atoms with Gasteiger partial charge in [-0.2, -0.15) is 0 Å². The number of para-hydroxylation sites is 2. The van der Waals surface area contributed by atoms with Crippen molar-refractivity contribution in [2.24, 2.45) is 0 Å². The molecule has 0 aliphatic carbocycles. The number of esters is 1. The van der Waals surface area contributed by atoms with E-state index in [2.05, 4.69) is 5.32 Å². The zero-order chi connectivity index (χ0) is 19.8. The lowest BCUT2D eigenvalue weighted by molar-refractivity contribution is -0.149. The third kappa shape index (κ3) is 5.34. The normalized spacial score (nSPS) is 10.2. The van der Waals surface area contributed by atoms with Crippen LogP contribution in [-0.2, 0) is 14.3 Å². The lowest BCUT2D eigenvalue weighted by atomic mass is 10.0. The smallest absolute Gasteiger partial charge is 0.344 e. The van der Waals surface area contributed by atoms with E-state index >= 15 is 0 Å². The molecule has 142 valence electrons. The fraction of sp³-hybridized carbons (Fsp3) is 0.0909. The molecule has 0 atom stereocenters. The number of rotatable bonds is 7. The number of benzene rings is 3. The summed E-state index contributed by atoms with van der Waals surface area (Å²) in [6, 6.07) is 23.9. The Hall–Kier alpha value is -3.31. The second-order valence-electron chi connectivity index (χ2n) is 5.84. The number of carbonyl (C=O) groups is 2. The maximum absolute atomic E-state index is 12.2. The molecule has 0 bridgehead atoms. The van der Waals surface area contributed by atoms with Crippen LogP contribution in [0.15, 0.2) is 78.9 Å². The van der Waals surface area contributed by atoms with Crippen molar-refractivity contribution in [2.45, 2.75) is 0 Å². The van der Waals surface area contributed by atoms with E-state index in [1.54, 1.807) is 30.3 Å². The molecule has 1 amide bonds. The molecular formula is C22H18ClNO4. The molecule has 0 heterocycles. The van der Waals surface area contributed by atoms with Crippen LogP contribution in [0.5, 0.6) is 5.75 Å².